The van der Waals surface area contributed by atoms with E-state index in [-0.39, 0.29) is 5.41 Å². The Morgan fingerprint density at radius 1 is 1.03 bits per heavy atom. The normalized spacial score (nSPS) is 53.4. The molecule has 0 aromatic carbocycles. The molecule has 0 radical (unpaired) electrons. The standard InChI is InChI=1S/C29H48O/c1-19(2)22-12-14-29(8)24(27(22,6)17-18-30)10-9-23-25-21(4)20(3)11-13-26(25,5)15-16-28(23,29)7/h9,18-22,24-25H,10-17H2,1-8H3. The smallest absolute Gasteiger partial charge is 0.120 e. The van der Waals surface area contributed by atoms with Crippen molar-refractivity contribution in [3.8, 4) is 0 Å². The molecule has 0 heterocycles. The van der Waals surface area contributed by atoms with Gasteiger partial charge in [0.25, 0.3) is 0 Å². The van der Waals surface area contributed by atoms with E-state index >= 15 is 0 Å². The summed E-state index contributed by atoms with van der Waals surface area (Å²) in [5.74, 6) is 4.36. The van der Waals surface area contributed by atoms with Crippen LogP contribution in [0, 0.1) is 57.2 Å². The molecule has 3 fully saturated rings. The second kappa shape index (κ2) is 7.21. The highest BCUT2D eigenvalue weighted by Crippen LogP contribution is 2.73. The van der Waals surface area contributed by atoms with Gasteiger partial charge in [-0.15, -0.1) is 0 Å². The third-order valence-corrected chi connectivity index (χ3v) is 12.1. The summed E-state index contributed by atoms with van der Waals surface area (Å²) in [4.78, 5) is 11.9. The predicted octanol–water partition coefficient (Wildman–Crippen LogP) is 8.09. The molecule has 4 rings (SSSR count). The number of carbonyl (C=O) groups is 1. The number of aldehydes is 1. The molecule has 170 valence electrons. The van der Waals surface area contributed by atoms with E-state index in [0.29, 0.717) is 34.0 Å². The van der Waals surface area contributed by atoms with Gasteiger partial charge in [-0.25, -0.2) is 0 Å². The highest BCUT2D eigenvalue weighted by Gasteiger charge is 2.65. The first-order chi connectivity index (χ1) is 13.9. The molecule has 0 bridgehead atoms. The molecular weight excluding hydrogens is 364 g/mol. The van der Waals surface area contributed by atoms with Gasteiger partial charge in [-0.3, -0.25) is 0 Å². The molecule has 9 unspecified atom stereocenters. The molecule has 30 heavy (non-hydrogen) atoms. The maximum absolute atomic E-state index is 11.9. The fourth-order valence-corrected chi connectivity index (χ4v) is 9.82. The summed E-state index contributed by atoms with van der Waals surface area (Å²) < 4.78 is 0. The van der Waals surface area contributed by atoms with Crippen molar-refractivity contribution in [2.45, 2.75) is 107 Å². The minimum absolute atomic E-state index is 0.139. The van der Waals surface area contributed by atoms with Gasteiger partial charge in [-0.2, -0.15) is 0 Å². The van der Waals surface area contributed by atoms with Crippen LogP contribution in [0.4, 0.5) is 0 Å². The fraction of sp³-hybridized carbons (Fsp3) is 0.897. The number of hydrogen-bond donors (Lipinski definition) is 0. The Kier molecular flexibility index (Phi) is 5.43. The average molecular weight is 413 g/mol. The van der Waals surface area contributed by atoms with Gasteiger partial charge in [-0.1, -0.05) is 67.0 Å². The third kappa shape index (κ3) is 2.82. The number of carbonyl (C=O) groups excluding carboxylic acids is 1. The molecule has 1 heteroatoms. The number of fused-ring (bicyclic) bond motifs is 5. The minimum Gasteiger partial charge on any atom is -0.303 e. The Morgan fingerprint density at radius 3 is 2.37 bits per heavy atom. The van der Waals surface area contributed by atoms with Gasteiger partial charge >= 0.3 is 0 Å². The zero-order valence-corrected chi connectivity index (χ0v) is 21.2. The Morgan fingerprint density at radius 2 is 1.73 bits per heavy atom. The van der Waals surface area contributed by atoms with Crippen LogP contribution in [0.5, 0.6) is 0 Å². The van der Waals surface area contributed by atoms with Crippen molar-refractivity contribution in [3.05, 3.63) is 11.6 Å². The first-order valence-electron chi connectivity index (χ1n) is 13.1. The van der Waals surface area contributed by atoms with E-state index in [4.69, 9.17) is 0 Å². The van der Waals surface area contributed by atoms with Crippen molar-refractivity contribution in [1.29, 1.82) is 0 Å². The summed E-state index contributed by atoms with van der Waals surface area (Å²) in [6, 6.07) is 0. The molecule has 4 aliphatic rings. The summed E-state index contributed by atoms with van der Waals surface area (Å²) in [6.07, 6.45) is 14.1. The number of rotatable bonds is 3. The Labute approximate surface area is 186 Å². The van der Waals surface area contributed by atoms with Gasteiger partial charge in [0.05, 0.1) is 0 Å². The van der Waals surface area contributed by atoms with E-state index in [9.17, 15) is 4.79 Å². The van der Waals surface area contributed by atoms with Gasteiger partial charge < -0.3 is 4.79 Å². The van der Waals surface area contributed by atoms with Crippen LogP contribution >= 0.6 is 0 Å². The molecule has 0 N–H and O–H groups in total. The molecular formula is C29H48O. The minimum atomic E-state index is 0.139. The van der Waals surface area contributed by atoms with Crippen LogP contribution in [0.15, 0.2) is 11.6 Å². The maximum atomic E-state index is 11.9. The lowest BCUT2D eigenvalue weighted by molar-refractivity contribution is -0.157. The summed E-state index contributed by atoms with van der Waals surface area (Å²) in [5, 5.41) is 0. The Balaban J connectivity index is 1.81. The zero-order chi connectivity index (χ0) is 22.1. The fourth-order valence-electron chi connectivity index (χ4n) is 9.82. The lowest BCUT2D eigenvalue weighted by atomic mass is 9.35. The molecule has 3 saturated carbocycles. The highest BCUT2D eigenvalue weighted by molar-refractivity contribution is 5.51. The average Bonchev–Trinajstić information content (AvgIpc) is 2.66. The van der Waals surface area contributed by atoms with Gasteiger partial charge in [0.15, 0.2) is 0 Å². The van der Waals surface area contributed by atoms with Gasteiger partial charge in [0.1, 0.15) is 6.29 Å². The Bertz CT molecular complexity index is 720. The molecule has 1 nitrogen and oxygen atoms in total. The van der Waals surface area contributed by atoms with Crippen molar-refractivity contribution in [3.63, 3.8) is 0 Å². The first-order valence-corrected chi connectivity index (χ1v) is 13.1. The molecule has 0 spiro atoms. The van der Waals surface area contributed by atoms with Crippen LogP contribution in [0.25, 0.3) is 0 Å². The van der Waals surface area contributed by atoms with Crippen LogP contribution < -0.4 is 0 Å². The highest BCUT2D eigenvalue weighted by atomic mass is 16.1. The van der Waals surface area contributed by atoms with Crippen LogP contribution in [0.2, 0.25) is 0 Å². The van der Waals surface area contributed by atoms with Crippen molar-refractivity contribution in [2.75, 3.05) is 0 Å². The predicted molar refractivity (Wildman–Crippen MR) is 127 cm³/mol. The summed E-state index contributed by atoms with van der Waals surface area (Å²) in [7, 11) is 0. The van der Waals surface area contributed by atoms with Crippen molar-refractivity contribution in [2.24, 2.45) is 57.2 Å². The third-order valence-electron chi connectivity index (χ3n) is 12.1. The Hall–Kier alpha value is -0.590. The monoisotopic (exact) mass is 412 g/mol. The summed E-state index contributed by atoms with van der Waals surface area (Å²) in [5.41, 5.74) is 3.10. The maximum Gasteiger partial charge on any atom is 0.120 e. The summed E-state index contributed by atoms with van der Waals surface area (Å²) >= 11 is 0. The second-order valence-electron chi connectivity index (χ2n) is 13.5. The quantitative estimate of drug-likeness (QED) is 0.338. The van der Waals surface area contributed by atoms with Gasteiger partial charge in [0, 0.05) is 6.42 Å². The lowest BCUT2D eigenvalue weighted by Crippen LogP contribution is -2.61. The van der Waals surface area contributed by atoms with E-state index < -0.39 is 0 Å². The van der Waals surface area contributed by atoms with E-state index in [0.717, 1.165) is 24.2 Å². The zero-order valence-electron chi connectivity index (χ0n) is 21.2. The SMILES string of the molecule is CC(C)C1CCC2(C)C(CC=C3C4C(C)C(C)CCC4(C)CCC32C)C1(C)CC=O. The second-order valence-corrected chi connectivity index (χ2v) is 13.5. The molecule has 0 aromatic heterocycles. The van der Waals surface area contributed by atoms with Crippen molar-refractivity contribution >= 4 is 6.29 Å². The van der Waals surface area contributed by atoms with Crippen LogP contribution in [-0.2, 0) is 4.79 Å². The van der Waals surface area contributed by atoms with Crippen LogP contribution in [0.3, 0.4) is 0 Å². The van der Waals surface area contributed by atoms with Gasteiger partial charge in [0.2, 0.25) is 0 Å². The molecule has 9 atom stereocenters. The lowest BCUT2D eigenvalue weighted by Gasteiger charge is -2.69. The van der Waals surface area contributed by atoms with E-state index in [1.165, 1.54) is 51.2 Å². The van der Waals surface area contributed by atoms with E-state index in [1.807, 2.05) is 5.57 Å². The van der Waals surface area contributed by atoms with Crippen LogP contribution in [-0.4, -0.2) is 6.29 Å². The van der Waals surface area contributed by atoms with Crippen molar-refractivity contribution in [1.82, 2.24) is 0 Å². The van der Waals surface area contributed by atoms with Crippen LogP contribution in [0.1, 0.15) is 107 Å². The first kappa shape index (κ1) is 22.6. The number of allylic oxidation sites excluding steroid dienone is 2. The molecule has 0 amide bonds. The van der Waals surface area contributed by atoms with Crippen molar-refractivity contribution < 1.29 is 4.79 Å². The topological polar surface area (TPSA) is 17.1 Å². The van der Waals surface area contributed by atoms with E-state index in [2.05, 4.69) is 61.5 Å². The molecule has 0 aliphatic heterocycles. The molecule has 0 aromatic rings. The molecule has 4 aliphatic carbocycles. The largest absolute Gasteiger partial charge is 0.303 e. The van der Waals surface area contributed by atoms with E-state index in [1.54, 1.807) is 0 Å². The summed E-state index contributed by atoms with van der Waals surface area (Å²) in [6.45, 7) is 20.2. The number of hydrogen-bond acceptors (Lipinski definition) is 1. The van der Waals surface area contributed by atoms with Gasteiger partial charge in [-0.05, 0) is 102 Å². The molecule has 0 saturated heterocycles.